The Bertz CT molecular complexity index is 946. The molecule has 0 radical (unpaired) electrons. The monoisotopic (exact) mass is 381 g/mol. The number of hydrogen-bond acceptors (Lipinski definition) is 5. The van der Waals surface area contributed by atoms with E-state index in [1.807, 2.05) is 30.3 Å². The summed E-state index contributed by atoms with van der Waals surface area (Å²) >= 11 is 0. The van der Waals surface area contributed by atoms with Gasteiger partial charge < -0.3 is 20.1 Å². The van der Waals surface area contributed by atoms with E-state index in [0.717, 1.165) is 10.5 Å². The van der Waals surface area contributed by atoms with Gasteiger partial charge in [0.15, 0.2) is 11.5 Å². The molecule has 0 saturated carbocycles. The zero-order valence-corrected chi connectivity index (χ0v) is 15.2. The van der Waals surface area contributed by atoms with Crippen molar-refractivity contribution in [3.05, 3.63) is 59.7 Å². The Morgan fingerprint density at radius 2 is 1.89 bits per heavy atom. The number of carbonyl (C=O) groups excluding carboxylic acids is 3. The van der Waals surface area contributed by atoms with Gasteiger partial charge in [0.1, 0.15) is 12.1 Å². The van der Waals surface area contributed by atoms with Crippen LogP contribution in [0.5, 0.6) is 11.5 Å². The molecule has 2 heterocycles. The average molecular weight is 381 g/mol. The third kappa shape index (κ3) is 3.13. The van der Waals surface area contributed by atoms with Gasteiger partial charge in [0.25, 0.3) is 5.91 Å². The molecule has 8 nitrogen and oxygen atoms in total. The largest absolute Gasteiger partial charge is 0.454 e. The van der Waals surface area contributed by atoms with Gasteiger partial charge in [0.05, 0.1) is 0 Å². The summed E-state index contributed by atoms with van der Waals surface area (Å²) in [6.45, 7) is 1.69. The summed E-state index contributed by atoms with van der Waals surface area (Å²) in [5.74, 6) is 0.189. The van der Waals surface area contributed by atoms with Crippen LogP contribution in [0.3, 0.4) is 0 Å². The lowest BCUT2D eigenvalue weighted by atomic mass is 9.91. The molecule has 8 heteroatoms. The highest BCUT2D eigenvalue weighted by Gasteiger charge is 2.49. The summed E-state index contributed by atoms with van der Waals surface area (Å²) in [5, 5.41) is 5.40. The summed E-state index contributed by atoms with van der Waals surface area (Å²) in [5.41, 5.74) is 0.207. The fraction of sp³-hybridized carbons (Fsp3) is 0.250. The average Bonchev–Trinajstić information content (AvgIpc) is 3.25. The molecule has 1 saturated heterocycles. The van der Waals surface area contributed by atoms with Crippen molar-refractivity contribution in [2.45, 2.75) is 19.0 Å². The molecule has 2 aromatic carbocycles. The highest BCUT2D eigenvalue weighted by molar-refractivity contribution is 6.09. The van der Waals surface area contributed by atoms with E-state index in [1.54, 1.807) is 25.1 Å². The molecule has 2 aliphatic rings. The lowest BCUT2D eigenvalue weighted by Crippen LogP contribution is -2.43. The fourth-order valence-corrected chi connectivity index (χ4v) is 3.24. The standard InChI is InChI=1S/C20H19N3O5/c1-20(14-7-8-15-16(9-14)28-12-27-15)18(25)23(19(26)22-20)11-17(24)21-10-13-5-3-2-4-6-13/h2-9H,10-12H2,1H3,(H,21,24)(H,22,26)/t20-/m0/s1. The first kappa shape index (κ1) is 17.8. The minimum atomic E-state index is -1.28. The van der Waals surface area contributed by atoms with Gasteiger partial charge in [-0.25, -0.2) is 4.79 Å². The maximum atomic E-state index is 12.9. The molecule has 0 spiro atoms. The number of imide groups is 1. The van der Waals surface area contributed by atoms with Gasteiger partial charge in [-0.2, -0.15) is 0 Å². The van der Waals surface area contributed by atoms with Crippen molar-refractivity contribution in [2.75, 3.05) is 13.3 Å². The van der Waals surface area contributed by atoms with Crippen LogP contribution in [0, 0.1) is 0 Å². The van der Waals surface area contributed by atoms with E-state index in [1.165, 1.54) is 0 Å². The summed E-state index contributed by atoms with van der Waals surface area (Å²) in [6.07, 6.45) is 0. The minimum Gasteiger partial charge on any atom is -0.454 e. The van der Waals surface area contributed by atoms with E-state index in [2.05, 4.69) is 10.6 Å². The van der Waals surface area contributed by atoms with Gasteiger partial charge in [-0.05, 0) is 30.2 Å². The highest BCUT2D eigenvalue weighted by Crippen LogP contribution is 2.37. The van der Waals surface area contributed by atoms with E-state index in [0.29, 0.717) is 23.6 Å². The van der Waals surface area contributed by atoms with E-state index < -0.39 is 23.4 Å². The van der Waals surface area contributed by atoms with Crippen molar-refractivity contribution >= 4 is 17.8 Å². The molecule has 2 aromatic rings. The molecular formula is C20H19N3O5. The van der Waals surface area contributed by atoms with Crippen LogP contribution in [0.4, 0.5) is 4.79 Å². The second-order valence-electron chi connectivity index (χ2n) is 6.78. The van der Waals surface area contributed by atoms with Crippen LogP contribution in [0.15, 0.2) is 48.5 Å². The second-order valence-corrected chi connectivity index (χ2v) is 6.78. The van der Waals surface area contributed by atoms with Crippen molar-refractivity contribution in [1.82, 2.24) is 15.5 Å². The number of ether oxygens (including phenoxy) is 2. The second kappa shape index (κ2) is 6.88. The number of hydrogen-bond donors (Lipinski definition) is 2. The van der Waals surface area contributed by atoms with Crippen molar-refractivity contribution in [3.8, 4) is 11.5 Å². The number of fused-ring (bicyclic) bond motifs is 1. The summed E-state index contributed by atoms with van der Waals surface area (Å²) in [6, 6.07) is 13.8. The van der Waals surface area contributed by atoms with Crippen molar-refractivity contribution in [1.29, 1.82) is 0 Å². The molecule has 0 aliphatic carbocycles. The van der Waals surface area contributed by atoms with Gasteiger partial charge >= 0.3 is 6.03 Å². The Balaban J connectivity index is 1.45. The first-order valence-electron chi connectivity index (χ1n) is 8.82. The fourth-order valence-electron chi connectivity index (χ4n) is 3.24. The van der Waals surface area contributed by atoms with Crippen molar-refractivity contribution in [2.24, 2.45) is 0 Å². The topological polar surface area (TPSA) is 97.0 Å². The molecule has 144 valence electrons. The summed E-state index contributed by atoms with van der Waals surface area (Å²) in [4.78, 5) is 38.5. The highest BCUT2D eigenvalue weighted by atomic mass is 16.7. The molecule has 4 amide bonds. The maximum Gasteiger partial charge on any atom is 0.325 e. The SMILES string of the molecule is C[C@@]1(c2ccc3c(c2)OCO3)NC(=O)N(CC(=O)NCc2ccccc2)C1=O. The van der Waals surface area contributed by atoms with E-state index >= 15 is 0 Å². The number of urea groups is 1. The molecule has 0 bridgehead atoms. The number of benzene rings is 2. The third-order valence-electron chi connectivity index (χ3n) is 4.86. The number of carbonyl (C=O) groups is 3. The lowest BCUT2D eigenvalue weighted by molar-refractivity contribution is -0.134. The quantitative estimate of drug-likeness (QED) is 0.765. The van der Waals surface area contributed by atoms with Crippen LogP contribution in [0.1, 0.15) is 18.1 Å². The minimum absolute atomic E-state index is 0.115. The zero-order valence-electron chi connectivity index (χ0n) is 15.2. The summed E-state index contributed by atoms with van der Waals surface area (Å²) < 4.78 is 10.6. The van der Waals surface area contributed by atoms with Crippen LogP contribution in [-0.4, -0.2) is 36.1 Å². The number of rotatable bonds is 5. The summed E-state index contributed by atoms with van der Waals surface area (Å²) in [7, 11) is 0. The Kier molecular flexibility index (Phi) is 4.38. The first-order chi connectivity index (χ1) is 13.5. The molecule has 1 atom stereocenters. The maximum absolute atomic E-state index is 12.9. The Morgan fingerprint density at radius 3 is 2.68 bits per heavy atom. The van der Waals surface area contributed by atoms with Crippen LogP contribution in [0.25, 0.3) is 0 Å². The van der Waals surface area contributed by atoms with Crippen LogP contribution < -0.4 is 20.1 Å². The van der Waals surface area contributed by atoms with Crippen LogP contribution in [-0.2, 0) is 21.7 Å². The molecule has 0 unspecified atom stereocenters. The van der Waals surface area contributed by atoms with E-state index in [4.69, 9.17) is 9.47 Å². The predicted octanol–water partition coefficient (Wildman–Crippen LogP) is 1.50. The molecule has 0 aromatic heterocycles. The van der Waals surface area contributed by atoms with Crippen LogP contribution in [0.2, 0.25) is 0 Å². The molecule has 28 heavy (non-hydrogen) atoms. The first-order valence-corrected chi connectivity index (χ1v) is 8.82. The molecule has 2 aliphatic heterocycles. The molecular weight excluding hydrogens is 362 g/mol. The van der Waals surface area contributed by atoms with Gasteiger partial charge in [0, 0.05) is 6.54 Å². The van der Waals surface area contributed by atoms with Crippen molar-refractivity contribution < 1.29 is 23.9 Å². The normalized spacial score (nSPS) is 20.2. The van der Waals surface area contributed by atoms with E-state index in [-0.39, 0.29) is 13.3 Å². The molecule has 2 N–H and O–H groups in total. The number of nitrogens with one attached hydrogen (secondary N) is 2. The Morgan fingerprint density at radius 1 is 1.14 bits per heavy atom. The zero-order chi connectivity index (χ0) is 19.7. The Hall–Kier alpha value is -3.55. The molecule has 1 fully saturated rings. The predicted molar refractivity (Wildman–Crippen MR) is 98.5 cm³/mol. The van der Waals surface area contributed by atoms with E-state index in [9.17, 15) is 14.4 Å². The van der Waals surface area contributed by atoms with Gasteiger partial charge in [-0.15, -0.1) is 0 Å². The van der Waals surface area contributed by atoms with Crippen molar-refractivity contribution in [3.63, 3.8) is 0 Å². The van der Waals surface area contributed by atoms with Gasteiger partial charge in [0.2, 0.25) is 12.7 Å². The van der Waals surface area contributed by atoms with Crippen LogP contribution >= 0.6 is 0 Å². The smallest absolute Gasteiger partial charge is 0.325 e. The Labute approximate surface area is 161 Å². The number of nitrogens with zero attached hydrogens (tertiary/aromatic N) is 1. The molecule has 4 rings (SSSR count). The van der Waals surface area contributed by atoms with Gasteiger partial charge in [-0.1, -0.05) is 36.4 Å². The third-order valence-corrected chi connectivity index (χ3v) is 4.86. The van der Waals surface area contributed by atoms with Gasteiger partial charge in [-0.3, -0.25) is 14.5 Å². The number of amides is 4. The lowest BCUT2D eigenvalue weighted by Gasteiger charge is -2.22.